The van der Waals surface area contributed by atoms with Crippen LogP contribution in [0.4, 0.5) is 5.69 Å². The molecule has 0 saturated carbocycles. The molecule has 6 heteroatoms. The number of ether oxygens (including phenoxy) is 1. The van der Waals surface area contributed by atoms with Gasteiger partial charge in [0.2, 0.25) is 5.91 Å². The maximum atomic E-state index is 12.1. The number of hydrogen-bond donors (Lipinski definition) is 1. The van der Waals surface area contributed by atoms with Crippen LogP contribution < -0.4 is 10.1 Å². The zero-order valence-electron chi connectivity index (χ0n) is 13.5. The minimum absolute atomic E-state index is 0.0788. The zero-order valence-corrected chi connectivity index (χ0v) is 15.8. The average molecular weight is 384 g/mol. The van der Waals surface area contributed by atoms with Gasteiger partial charge >= 0.3 is 0 Å². The van der Waals surface area contributed by atoms with Gasteiger partial charge in [0.05, 0.1) is 11.9 Å². The molecular weight excluding hydrogens is 365 g/mol. The Morgan fingerprint density at radius 2 is 1.83 bits per heavy atom. The van der Waals surface area contributed by atoms with Gasteiger partial charge in [0.25, 0.3) is 0 Å². The van der Waals surface area contributed by atoms with Crippen molar-refractivity contribution in [2.75, 3.05) is 11.1 Å². The molecule has 1 amide bonds. The third-order valence-corrected chi connectivity index (χ3v) is 4.70. The summed E-state index contributed by atoms with van der Waals surface area (Å²) < 4.78 is 5.62. The molecule has 0 heterocycles. The highest BCUT2D eigenvalue weighted by atomic mass is 35.5. The molecule has 2 rings (SSSR count). The van der Waals surface area contributed by atoms with Gasteiger partial charge in [-0.15, -0.1) is 11.8 Å². The molecule has 3 nitrogen and oxygen atoms in total. The smallest absolute Gasteiger partial charge is 0.234 e. The normalized spacial score (nSPS) is 10.7. The van der Waals surface area contributed by atoms with Crippen molar-refractivity contribution < 1.29 is 9.53 Å². The van der Waals surface area contributed by atoms with Crippen LogP contribution in [-0.4, -0.2) is 17.8 Å². The highest BCUT2D eigenvalue weighted by Gasteiger charge is 2.08. The van der Waals surface area contributed by atoms with Gasteiger partial charge in [-0.1, -0.05) is 35.3 Å². The van der Waals surface area contributed by atoms with E-state index in [9.17, 15) is 4.79 Å². The highest BCUT2D eigenvalue weighted by molar-refractivity contribution is 7.99. The number of halogens is 2. The molecular formula is C18H19Cl2NO2S. The molecule has 0 bridgehead atoms. The summed E-state index contributed by atoms with van der Waals surface area (Å²) in [6.45, 7) is 3.92. The molecule has 24 heavy (non-hydrogen) atoms. The lowest BCUT2D eigenvalue weighted by molar-refractivity contribution is -0.113. The van der Waals surface area contributed by atoms with Crippen LogP contribution in [0.15, 0.2) is 42.5 Å². The monoisotopic (exact) mass is 383 g/mol. The van der Waals surface area contributed by atoms with E-state index in [1.807, 2.05) is 38.1 Å². The van der Waals surface area contributed by atoms with Crippen LogP contribution in [0.25, 0.3) is 0 Å². The molecule has 128 valence electrons. The number of thioether (sulfide) groups is 1. The second-order valence-corrected chi connectivity index (χ2v) is 7.24. The number of rotatable bonds is 7. The summed E-state index contributed by atoms with van der Waals surface area (Å²) in [5.74, 6) is 1.56. The number of nitrogens with one attached hydrogen (secondary N) is 1. The lowest BCUT2D eigenvalue weighted by atomic mass is 10.2. The minimum Gasteiger partial charge on any atom is -0.491 e. The Hall–Kier alpha value is -1.36. The lowest BCUT2D eigenvalue weighted by Crippen LogP contribution is -2.14. The summed E-state index contributed by atoms with van der Waals surface area (Å²) in [7, 11) is 0. The van der Waals surface area contributed by atoms with Gasteiger partial charge in [-0.25, -0.2) is 0 Å². The largest absolute Gasteiger partial charge is 0.491 e. The third kappa shape index (κ3) is 5.93. The van der Waals surface area contributed by atoms with Crippen LogP contribution in [0.1, 0.15) is 19.4 Å². The van der Waals surface area contributed by atoms with E-state index in [0.717, 1.165) is 17.0 Å². The van der Waals surface area contributed by atoms with Crippen molar-refractivity contribution in [3.63, 3.8) is 0 Å². The number of carbonyl (C=O) groups is 1. The molecule has 0 aliphatic rings. The minimum atomic E-state index is -0.0788. The molecule has 0 atom stereocenters. The van der Waals surface area contributed by atoms with Gasteiger partial charge in [-0.05, 0) is 43.7 Å². The summed E-state index contributed by atoms with van der Waals surface area (Å²) in [6, 6.07) is 12.8. The van der Waals surface area contributed by atoms with Gasteiger partial charge < -0.3 is 10.1 Å². The maximum Gasteiger partial charge on any atom is 0.234 e. The van der Waals surface area contributed by atoms with Gasteiger partial charge in [-0.2, -0.15) is 0 Å². The second-order valence-electron chi connectivity index (χ2n) is 5.44. The van der Waals surface area contributed by atoms with Crippen molar-refractivity contribution in [1.29, 1.82) is 0 Å². The first kappa shape index (κ1) is 19.0. The molecule has 2 aromatic rings. The van der Waals surface area contributed by atoms with Crippen LogP contribution in [0.3, 0.4) is 0 Å². The van der Waals surface area contributed by atoms with Gasteiger partial charge in [-0.3, -0.25) is 4.79 Å². The highest BCUT2D eigenvalue weighted by Crippen LogP contribution is 2.28. The van der Waals surface area contributed by atoms with Crippen LogP contribution >= 0.6 is 35.0 Å². The van der Waals surface area contributed by atoms with Crippen molar-refractivity contribution in [2.45, 2.75) is 25.7 Å². The Kier molecular flexibility index (Phi) is 7.28. The van der Waals surface area contributed by atoms with Crippen molar-refractivity contribution in [3.8, 4) is 5.75 Å². The molecule has 1 N–H and O–H groups in total. The fourth-order valence-corrected chi connectivity index (χ4v) is 3.60. The Bertz CT molecular complexity index is 687. The van der Waals surface area contributed by atoms with E-state index in [0.29, 0.717) is 21.6 Å². The first-order valence-corrected chi connectivity index (χ1v) is 9.44. The van der Waals surface area contributed by atoms with Gasteiger partial charge in [0.1, 0.15) is 5.75 Å². The SMILES string of the molecule is CC(C)Oc1cccc(NC(=O)CSCc2c(Cl)cccc2Cl)c1. The quantitative estimate of drug-likeness (QED) is 0.670. The average Bonchev–Trinajstić information content (AvgIpc) is 2.50. The number of anilines is 1. The molecule has 0 saturated heterocycles. The third-order valence-electron chi connectivity index (χ3n) is 3.03. The Morgan fingerprint density at radius 1 is 1.17 bits per heavy atom. The van der Waals surface area contributed by atoms with E-state index < -0.39 is 0 Å². The van der Waals surface area contributed by atoms with Crippen molar-refractivity contribution in [1.82, 2.24) is 0 Å². The molecule has 0 spiro atoms. The molecule has 0 radical (unpaired) electrons. The van der Waals surface area contributed by atoms with Crippen LogP contribution in [0.2, 0.25) is 10.0 Å². The van der Waals surface area contributed by atoms with Crippen molar-refractivity contribution >= 4 is 46.6 Å². The van der Waals surface area contributed by atoms with E-state index >= 15 is 0 Å². The fourth-order valence-electron chi connectivity index (χ4n) is 2.03. The number of hydrogen-bond acceptors (Lipinski definition) is 3. The van der Waals surface area contributed by atoms with Crippen LogP contribution in [0, 0.1) is 0 Å². The number of amides is 1. The summed E-state index contributed by atoms with van der Waals surface area (Å²) in [6.07, 6.45) is 0.0897. The molecule has 0 aliphatic heterocycles. The first-order valence-electron chi connectivity index (χ1n) is 7.53. The Labute approximate surface area is 156 Å². The van der Waals surface area contributed by atoms with Gasteiger partial charge in [0, 0.05) is 27.6 Å². The van der Waals surface area contributed by atoms with E-state index in [1.54, 1.807) is 18.2 Å². The molecule has 0 aliphatic carbocycles. The topological polar surface area (TPSA) is 38.3 Å². The van der Waals surface area contributed by atoms with E-state index in [2.05, 4.69) is 5.32 Å². The number of benzene rings is 2. The predicted molar refractivity (Wildman–Crippen MR) is 103 cm³/mol. The Balaban J connectivity index is 1.85. The molecule has 0 unspecified atom stereocenters. The maximum absolute atomic E-state index is 12.1. The summed E-state index contributed by atoms with van der Waals surface area (Å²) >= 11 is 13.7. The van der Waals surface area contributed by atoms with Crippen molar-refractivity contribution in [3.05, 3.63) is 58.1 Å². The number of carbonyl (C=O) groups excluding carboxylic acids is 1. The predicted octanol–water partition coefficient (Wildman–Crippen LogP) is 5.65. The second kappa shape index (κ2) is 9.21. The lowest BCUT2D eigenvalue weighted by Gasteiger charge is -2.11. The molecule has 0 fully saturated rings. The Morgan fingerprint density at radius 3 is 2.50 bits per heavy atom. The van der Waals surface area contributed by atoms with E-state index in [-0.39, 0.29) is 12.0 Å². The standard InChI is InChI=1S/C18H19Cl2NO2S/c1-12(2)23-14-6-3-5-13(9-14)21-18(22)11-24-10-15-16(19)7-4-8-17(15)20/h3-9,12H,10-11H2,1-2H3,(H,21,22). The van der Waals surface area contributed by atoms with Crippen LogP contribution in [-0.2, 0) is 10.5 Å². The zero-order chi connectivity index (χ0) is 17.5. The fraction of sp³-hybridized carbons (Fsp3) is 0.278. The molecule has 2 aromatic carbocycles. The summed E-state index contributed by atoms with van der Waals surface area (Å²) in [5, 5.41) is 4.10. The van der Waals surface area contributed by atoms with Crippen LogP contribution in [0.5, 0.6) is 5.75 Å². The van der Waals surface area contributed by atoms with Crippen molar-refractivity contribution in [2.24, 2.45) is 0 Å². The van der Waals surface area contributed by atoms with Gasteiger partial charge in [0.15, 0.2) is 0 Å². The molecule has 0 aromatic heterocycles. The first-order chi connectivity index (χ1) is 11.5. The van der Waals surface area contributed by atoms with E-state index in [4.69, 9.17) is 27.9 Å². The summed E-state index contributed by atoms with van der Waals surface area (Å²) in [4.78, 5) is 12.1. The summed E-state index contributed by atoms with van der Waals surface area (Å²) in [5.41, 5.74) is 1.57. The van der Waals surface area contributed by atoms with E-state index in [1.165, 1.54) is 11.8 Å².